The minimum atomic E-state index is -0.475. The Hall–Kier alpha value is -1.10. The molecule has 0 aromatic heterocycles. The normalized spacial score (nSPS) is 30.1. The summed E-state index contributed by atoms with van der Waals surface area (Å²) in [5, 5.41) is 2.71. The van der Waals surface area contributed by atoms with E-state index in [1.165, 1.54) is 0 Å². The molecule has 2 atom stereocenters. The molecular weight excluding hydrogens is 194 g/mol. The van der Waals surface area contributed by atoms with Gasteiger partial charge in [0.25, 0.3) is 0 Å². The van der Waals surface area contributed by atoms with Crippen molar-refractivity contribution in [3.8, 4) is 0 Å². The smallest absolute Gasteiger partial charge is 0.227 e. The Balaban J connectivity index is 2.42. The summed E-state index contributed by atoms with van der Waals surface area (Å²) in [6.07, 6.45) is 2.87. The van der Waals surface area contributed by atoms with Crippen molar-refractivity contribution in [2.45, 2.75) is 38.6 Å². The second-order valence-electron chi connectivity index (χ2n) is 4.39. The first-order chi connectivity index (χ1) is 6.97. The number of rotatable bonds is 4. The number of carbonyl (C=O) groups is 2. The fourth-order valence-electron chi connectivity index (χ4n) is 1.98. The molecule has 5 heteroatoms. The lowest BCUT2D eigenvalue weighted by molar-refractivity contribution is -0.130. The lowest BCUT2D eigenvalue weighted by atomic mass is 9.84. The third kappa shape index (κ3) is 2.68. The molecule has 0 aromatic rings. The van der Waals surface area contributed by atoms with Gasteiger partial charge in [0.2, 0.25) is 11.8 Å². The Labute approximate surface area is 89.6 Å². The zero-order valence-corrected chi connectivity index (χ0v) is 9.08. The highest BCUT2D eigenvalue weighted by atomic mass is 16.2. The van der Waals surface area contributed by atoms with Gasteiger partial charge in [-0.2, -0.15) is 0 Å². The van der Waals surface area contributed by atoms with E-state index in [2.05, 4.69) is 5.32 Å². The molecule has 0 saturated heterocycles. The van der Waals surface area contributed by atoms with Crippen LogP contribution in [0.2, 0.25) is 0 Å². The largest absolute Gasteiger partial charge is 0.370 e. The van der Waals surface area contributed by atoms with Crippen LogP contribution in [0.25, 0.3) is 0 Å². The Morgan fingerprint density at radius 3 is 2.67 bits per heavy atom. The molecule has 0 bridgehead atoms. The zero-order chi connectivity index (χ0) is 11.5. The molecule has 0 spiro atoms. The van der Waals surface area contributed by atoms with Crippen LogP contribution in [0.1, 0.15) is 32.6 Å². The van der Waals surface area contributed by atoms with Gasteiger partial charge in [-0.1, -0.05) is 6.42 Å². The van der Waals surface area contributed by atoms with Crippen LogP contribution < -0.4 is 16.8 Å². The van der Waals surface area contributed by atoms with Gasteiger partial charge in [0.1, 0.15) is 0 Å². The van der Waals surface area contributed by atoms with Crippen molar-refractivity contribution in [2.24, 2.45) is 16.9 Å². The topological polar surface area (TPSA) is 98.2 Å². The Morgan fingerprint density at radius 2 is 2.20 bits per heavy atom. The third-order valence-electron chi connectivity index (χ3n) is 3.21. The van der Waals surface area contributed by atoms with Crippen LogP contribution in [0.5, 0.6) is 0 Å². The summed E-state index contributed by atoms with van der Waals surface area (Å²) in [5.74, 6) is -0.468. The predicted octanol–water partition coefficient (Wildman–Crippen LogP) is -0.504. The maximum absolute atomic E-state index is 11.8. The molecule has 0 radical (unpaired) electrons. The Kier molecular flexibility index (Phi) is 3.68. The maximum Gasteiger partial charge on any atom is 0.227 e. The highest BCUT2D eigenvalue weighted by Gasteiger charge is 2.42. The fraction of sp³-hybridized carbons (Fsp3) is 0.800. The van der Waals surface area contributed by atoms with Gasteiger partial charge in [-0.25, -0.2) is 0 Å². The number of carbonyl (C=O) groups excluding carboxylic acids is 2. The van der Waals surface area contributed by atoms with E-state index in [1.54, 1.807) is 0 Å². The standard InChI is InChI=1S/C10H19N3O2/c1-10(5-2-3-7(10)11)9(15)13-6-4-8(12)14/h7H,2-6,11H2,1H3,(H2,12,14)(H,13,15). The van der Waals surface area contributed by atoms with E-state index in [4.69, 9.17) is 11.5 Å². The summed E-state index contributed by atoms with van der Waals surface area (Å²) in [6, 6.07) is -0.0777. The van der Waals surface area contributed by atoms with E-state index in [-0.39, 0.29) is 18.4 Å². The summed E-state index contributed by atoms with van der Waals surface area (Å²) in [4.78, 5) is 22.3. The van der Waals surface area contributed by atoms with E-state index < -0.39 is 11.3 Å². The van der Waals surface area contributed by atoms with Crippen molar-refractivity contribution in [1.29, 1.82) is 0 Å². The monoisotopic (exact) mass is 213 g/mol. The first-order valence-electron chi connectivity index (χ1n) is 5.29. The van der Waals surface area contributed by atoms with Crippen molar-refractivity contribution in [3.05, 3.63) is 0 Å². The summed E-state index contributed by atoms with van der Waals surface area (Å²) in [7, 11) is 0. The summed E-state index contributed by atoms with van der Waals surface area (Å²) in [6.45, 7) is 2.18. The van der Waals surface area contributed by atoms with Crippen molar-refractivity contribution in [2.75, 3.05) is 6.54 Å². The number of primary amides is 1. The lowest BCUT2D eigenvalue weighted by Crippen LogP contribution is -2.47. The predicted molar refractivity (Wildman–Crippen MR) is 56.8 cm³/mol. The molecule has 15 heavy (non-hydrogen) atoms. The average Bonchev–Trinajstić information content (AvgIpc) is 2.47. The molecule has 1 aliphatic rings. The highest BCUT2D eigenvalue weighted by molar-refractivity contribution is 5.84. The molecule has 2 unspecified atom stereocenters. The van der Waals surface area contributed by atoms with E-state index >= 15 is 0 Å². The third-order valence-corrected chi connectivity index (χ3v) is 3.21. The SMILES string of the molecule is CC1(C(=O)NCCC(N)=O)CCCC1N. The first-order valence-corrected chi connectivity index (χ1v) is 5.29. The molecule has 1 saturated carbocycles. The number of hydrogen-bond donors (Lipinski definition) is 3. The van der Waals surface area contributed by atoms with E-state index in [9.17, 15) is 9.59 Å². The molecule has 0 aliphatic heterocycles. The number of amides is 2. The minimum absolute atomic E-state index is 0.0613. The highest BCUT2D eigenvalue weighted by Crippen LogP contribution is 2.36. The molecule has 86 valence electrons. The average molecular weight is 213 g/mol. The van der Waals surface area contributed by atoms with Crippen molar-refractivity contribution < 1.29 is 9.59 Å². The molecule has 5 N–H and O–H groups in total. The molecule has 0 aromatic carbocycles. The Morgan fingerprint density at radius 1 is 1.53 bits per heavy atom. The van der Waals surface area contributed by atoms with Crippen LogP contribution in [-0.4, -0.2) is 24.4 Å². The molecule has 2 amide bonds. The number of nitrogens with one attached hydrogen (secondary N) is 1. The second kappa shape index (κ2) is 4.61. The van der Waals surface area contributed by atoms with Crippen LogP contribution in [0.4, 0.5) is 0 Å². The van der Waals surface area contributed by atoms with Crippen LogP contribution in [0, 0.1) is 5.41 Å². The summed E-state index contributed by atoms with van der Waals surface area (Å²) in [5.41, 5.74) is 10.4. The quantitative estimate of drug-likeness (QED) is 0.587. The van der Waals surface area contributed by atoms with Gasteiger partial charge >= 0.3 is 0 Å². The molecule has 5 nitrogen and oxygen atoms in total. The van der Waals surface area contributed by atoms with Gasteiger partial charge in [-0.15, -0.1) is 0 Å². The van der Waals surface area contributed by atoms with Crippen molar-refractivity contribution in [1.82, 2.24) is 5.32 Å². The van der Waals surface area contributed by atoms with Gasteiger partial charge in [-0.3, -0.25) is 9.59 Å². The first kappa shape index (κ1) is 12.0. The molecule has 1 fully saturated rings. The van der Waals surface area contributed by atoms with Crippen molar-refractivity contribution in [3.63, 3.8) is 0 Å². The molecule has 0 heterocycles. The zero-order valence-electron chi connectivity index (χ0n) is 9.08. The van der Waals surface area contributed by atoms with Gasteiger partial charge < -0.3 is 16.8 Å². The number of nitrogens with two attached hydrogens (primary N) is 2. The maximum atomic E-state index is 11.8. The molecular formula is C10H19N3O2. The van der Waals surface area contributed by atoms with E-state index in [0.29, 0.717) is 6.54 Å². The lowest BCUT2D eigenvalue weighted by Gasteiger charge is -2.27. The van der Waals surface area contributed by atoms with Crippen LogP contribution in [0.3, 0.4) is 0 Å². The van der Waals surface area contributed by atoms with Gasteiger partial charge in [0.15, 0.2) is 0 Å². The van der Waals surface area contributed by atoms with E-state index in [1.807, 2.05) is 6.92 Å². The molecule has 1 aliphatic carbocycles. The van der Waals surface area contributed by atoms with E-state index in [0.717, 1.165) is 19.3 Å². The van der Waals surface area contributed by atoms with Gasteiger partial charge in [0, 0.05) is 19.0 Å². The summed E-state index contributed by atoms with van der Waals surface area (Å²) < 4.78 is 0. The van der Waals surface area contributed by atoms with Crippen LogP contribution >= 0.6 is 0 Å². The summed E-state index contributed by atoms with van der Waals surface area (Å²) >= 11 is 0. The molecule has 1 rings (SSSR count). The fourth-order valence-corrected chi connectivity index (χ4v) is 1.98. The van der Waals surface area contributed by atoms with Crippen LogP contribution in [-0.2, 0) is 9.59 Å². The van der Waals surface area contributed by atoms with Crippen LogP contribution in [0.15, 0.2) is 0 Å². The van der Waals surface area contributed by atoms with Gasteiger partial charge in [-0.05, 0) is 19.8 Å². The van der Waals surface area contributed by atoms with Gasteiger partial charge in [0.05, 0.1) is 5.41 Å². The number of hydrogen-bond acceptors (Lipinski definition) is 3. The Bertz CT molecular complexity index is 267. The van der Waals surface area contributed by atoms with Crippen molar-refractivity contribution >= 4 is 11.8 Å². The second-order valence-corrected chi connectivity index (χ2v) is 4.39. The minimum Gasteiger partial charge on any atom is -0.370 e.